The number of nitriles is 1. The fourth-order valence-corrected chi connectivity index (χ4v) is 2.63. The molecule has 0 saturated heterocycles. The smallest absolute Gasteiger partial charge is 0.287 e. The van der Waals surface area contributed by atoms with Gasteiger partial charge in [-0.15, -0.1) is 0 Å². The lowest BCUT2D eigenvalue weighted by Gasteiger charge is -2.13. The molecule has 124 valence electrons. The SMILES string of the molecule is COc1cc(Cn2cc([N+](=O)[O-])cc(C#N)c2=O)c(OC)cc1Br. The molecule has 0 spiro atoms. The number of halogens is 1. The molecule has 9 heteroatoms. The van der Waals surface area contributed by atoms with E-state index < -0.39 is 10.5 Å². The van der Waals surface area contributed by atoms with Crippen LogP contribution in [0.3, 0.4) is 0 Å². The number of nitro groups is 1. The van der Waals surface area contributed by atoms with Crippen LogP contribution in [0.1, 0.15) is 11.1 Å². The summed E-state index contributed by atoms with van der Waals surface area (Å²) in [5.74, 6) is 0.990. The highest BCUT2D eigenvalue weighted by Crippen LogP contribution is 2.33. The molecule has 0 aliphatic carbocycles. The molecular weight excluding hydrogens is 382 g/mol. The summed E-state index contributed by atoms with van der Waals surface area (Å²) >= 11 is 3.33. The Morgan fingerprint density at radius 2 is 1.96 bits per heavy atom. The zero-order valence-electron chi connectivity index (χ0n) is 12.8. The van der Waals surface area contributed by atoms with E-state index in [9.17, 15) is 14.9 Å². The van der Waals surface area contributed by atoms with Crippen LogP contribution >= 0.6 is 15.9 Å². The van der Waals surface area contributed by atoms with Crippen molar-refractivity contribution in [2.45, 2.75) is 6.54 Å². The Bertz CT molecular complexity index is 901. The second kappa shape index (κ2) is 7.14. The molecule has 0 N–H and O–H groups in total. The quantitative estimate of drug-likeness (QED) is 0.570. The maximum absolute atomic E-state index is 12.2. The average molecular weight is 394 g/mol. The third kappa shape index (κ3) is 3.38. The molecule has 0 amide bonds. The van der Waals surface area contributed by atoms with E-state index in [0.717, 1.165) is 16.8 Å². The van der Waals surface area contributed by atoms with Crippen LogP contribution in [0.25, 0.3) is 0 Å². The van der Waals surface area contributed by atoms with Gasteiger partial charge in [-0.1, -0.05) is 0 Å². The average Bonchev–Trinajstić information content (AvgIpc) is 2.57. The number of nitrogens with zero attached hydrogens (tertiary/aromatic N) is 3. The summed E-state index contributed by atoms with van der Waals surface area (Å²) in [7, 11) is 2.96. The Balaban J connectivity index is 2.60. The van der Waals surface area contributed by atoms with Crippen molar-refractivity contribution in [1.82, 2.24) is 4.57 Å². The monoisotopic (exact) mass is 393 g/mol. The molecule has 2 rings (SSSR count). The highest BCUT2D eigenvalue weighted by atomic mass is 79.9. The highest BCUT2D eigenvalue weighted by Gasteiger charge is 2.16. The maximum atomic E-state index is 12.2. The Hall–Kier alpha value is -2.86. The van der Waals surface area contributed by atoms with E-state index in [1.54, 1.807) is 18.2 Å². The summed E-state index contributed by atoms with van der Waals surface area (Å²) in [6.45, 7) is -0.0119. The van der Waals surface area contributed by atoms with Crippen LogP contribution in [0.5, 0.6) is 11.5 Å². The summed E-state index contributed by atoms with van der Waals surface area (Å²) < 4.78 is 12.2. The van der Waals surface area contributed by atoms with Gasteiger partial charge in [-0.25, -0.2) is 0 Å². The van der Waals surface area contributed by atoms with Crippen LogP contribution in [0.15, 0.2) is 33.7 Å². The van der Waals surface area contributed by atoms with E-state index in [-0.39, 0.29) is 17.8 Å². The molecule has 1 heterocycles. The molecule has 0 aliphatic heterocycles. The van der Waals surface area contributed by atoms with Crippen LogP contribution < -0.4 is 15.0 Å². The van der Waals surface area contributed by atoms with Crippen molar-refractivity contribution in [2.75, 3.05) is 14.2 Å². The van der Waals surface area contributed by atoms with Crippen molar-refractivity contribution in [3.63, 3.8) is 0 Å². The predicted molar refractivity (Wildman–Crippen MR) is 88.4 cm³/mol. The molecule has 1 aromatic carbocycles. The van der Waals surface area contributed by atoms with Gasteiger partial charge in [-0.3, -0.25) is 14.9 Å². The second-order valence-corrected chi connectivity index (χ2v) is 5.57. The number of ether oxygens (including phenoxy) is 2. The van der Waals surface area contributed by atoms with Gasteiger partial charge in [0, 0.05) is 11.6 Å². The molecule has 0 radical (unpaired) electrons. The first-order chi connectivity index (χ1) is 11.4. The Morgan fingerprint density at radius 1 is 1.29 bits per heavy atom. The minimum Gasteiger partial charge on any atom is -0.496 e. The zero-order valence-corrected chi connectivity index (χ0v) is 14.4. The van der Waals surface area contributed by atoms with Gasteiger partial charge in [0.25, 0.3) is 11.2 Å². The molecule has 0 saturated carbocycles. The summed E-state index contributed by atoms with van der Waals surface area (Å²) in [5, 5.41) is 20.0. The first-order valence-electron chi connectivity index (χ1n) is 6.60. The standard InChI is InChI=1S/C15H12BrN3O5/c1-23-13-5-12(16)14(24-2)4-10(13)7-18-8-11(19(21)22)3-9(6-17)15(18)20/h3-5,8H,7H2,1-2H3. The fourth-order valence-electron chi connectivity index (χ4n) is 2.15. The van der Waals surface area contributed by atoms with E-state index in [1.165, 1.54) is 14.2 Å². The Kier molecular flexibility index (Phi) is 5.21. The van der Waals surface area contributed by atoms with Crippen LogP contribution in [-0.4, -0.2) is 23.7 Å². The molecule has 24 heavy (non-hydrogen) atoms. The molecule has 1 aromatic heterocycles. The minimum absolute atomic E-state index is 0.0119. The van der Waals surface area contributed by atoms with E-state index in [2.05, 4.69) is 15.9 Å². The molecule has 0 atom stereocenters. The van der Waals surface area contributed by atoms with Crippen molar-refractivity contribution in [2.24, 2.45) is 0 Å². The van der Waals surface area contributed by atoms with Gasteiger partial charge in [0.15, 0.2) is 0 Å². The number of methoxy groups -OCH3 is 2. The maximum Gasteiger partial charge on any atom is 0.287 e. The lowest BCUT2D eigenvalue weighted by Crippen LogP contribution is -2.23. The summed E-state index contributed by atoms with van der Waals surface area (Å²) in [6.07, 6.45) is 1.09. The first-order valence-corrected chi connectivity index (χ1v) is 7.40. The molecule has 2 aromatic rings. The van der Waals surface area contributed by atoms with Gasteiger partial charge in [-0.05, 0) is 28.1 Å². The Morgan fingerprint density at radius 3 is 2.50 bits per heavy atom. The minimum atomic E-state index is -0.657. The molecule has 0 fully saturated rings. The zero-order chi connectivity index (χ0) is 17.9. The number of hydrogen-bond acceptors (Lipinski definition) is 6. The van der Waals surface area contributed by atoms with Gasteiger partial charge in [0.05, 0.1) is 36.4 Å². The van der Waals surface area contributed by atoms with Gasteiger partial charge in [0.2, 0.25) is 0 Å². The summed E-state index contributed by atoms with van der Waals surface area (Å²) in [5.41, 5.74) is -0.683. The number of aromatic nitrogens is 1. The van der Waals surface area contributed by atoms with Crippen LogP contribution in [0, 0.1) is 21.4 Å². The van der Waals surface area contributed by atoms with E-state index in [1.807, 2.05) is 0 Å². The van der Waals surface area contributed by atoms with Gasteiger partial charge in [0.1, 0.15) is 23.1 Å². The number of benzene rings is 1. The van der Waals surface area contributed by atoms with Gasteiger partial charge in [-0.2, -0.15) is 5.26 Å². The second-order valence-electron chi connectivity index (χ2n) is 4.71. The lowest BCUT2D eigenvalue weighted by atomic mass is 10.1. The predicted octanol–water partition coefficient (Wildman–Crippen LogP) is 2.46. The normalized spacial score (nSPS) is 10.1. The number of pyridine rings is 1. The fraction of sp³-hybridized carbons (Fsp3) is 0.200. The largest absolute Gasteiger partial charge is 0.496 e. The summed E-state index contributed by atoms with van der Waals surface area (Å²) in [4.78, 5) is 22.6. The Labute approximate surface area is 145 Å². The van der Waals surface area contributed by atoms with Crippen LogP contribution in [0.4, 0.5) is 5.69 Å². The number of hydrogen-bond donors (Lipinski definition) is 0. The first kappa shape index (κ1) is 17.5. The van der Waals surface area contributed by atoms with E-state index in [4.69, 9.17) is 14.7 Å². The van der Waals surface area contributed by atoms with Crippen LogP contribution in [-0.2, 0) is 6.54 Å². The van der Waals surface area contributed by atoms with E-state index in [0.29, 0.717) is 21.5 Å². The molecular formula is C15H12BrN3O5. The van der Waals surface area contributed by atoms with Crippen LogP contribution in [0.2, 0.25) is 0 Å². The van der Waals surface area contributed by atoms with Crippen molar-refractivity contribution >= 4 is 21.6 Å². The molecule has 0 unspecified atom stereocenters. The lowest BCUT2D eigenvalue weighted by molar-refractivity contribution is -0.385. The third-order valence-corrected chi connectivity index (χ3v) is 3.92. The molecule has 0 aliphatic rings. The summed E-state index contributed by atoms with van der Waals surface area (Å²) in [6, 6.07) is 5.95. The van der Waals surface area contributed by atoms with Gasteiger partial charge >= 0.3 is 0 Å². The van der Waals surface area contributed by atoms with Crippen molar-refractivity contribution in [1.29, 1.82) is 5.26 Å². The van der Waals surface area contributed by atoms with Crippen molar-refractivity contribution in [3.8, 4) is 17.6 Å². The van der Waals surface area contributed by atoms with Crippen molar-refractivity contribution in [3.05, 3.63) is 60.5 Å². The molecule has 8 nitrogen and oxygen atoms in total. The highest BCUT2D eigenvalue weighted by molar-refractivity contribution is 9.10. The van der Waals surface area contributed by atoms with Crippen molar-refractivity contribution < 1.29 is 14.4 Å². The number of rotatable bonds is 5. The molecule has 0 bridgehead atoms. The topological polar surface area (TPSA) is 107 Å². The third-order valence-electron chi connectivity index (χ3n) is 3.30. The van der Waals surface area contributed by atoms with E-state index >= 15 is 0 Å². The van der Waals surface area contributed by atoms with Gasteiger partial charge < -0.3 is 14.0 Å².